The first-order valence-corrected chi connectivity index (χ1v) is 7.02. The largest absolute Gasteiger partial charge is 0.478 e. The van der Waals surface area contributed by atoms with E-state index in [0.29, 0.717) is 17.0 Å². The van der Waals surface area contributed by atoms with E-state index < -0.39 is 5.97 Å². The minimum atomic E-state index is -0.867. The van der Waals surface area contributed by atoms with E-state index in [-0.39, 0.29) is 0 Å². The number of rotatable bonds is 4. The number of carboxylic acid groups (broad SMARTS) is 1. The molecule has 1 aromatic carbocycles. The van der Waals surface area contributed by atoms with Crippen molar-refractivity contribution in [2.75, 3.05) is 0 Å². The fourth-order valence-electron chi connectivity index (χ4n) is 2.90. The maximum Gasteiger partial charge on any atom is 0.335 e. The standard InChI is InChI=1S/C16H23NO2/c1-16(2)9-3-4-14(10-16)17-11-12-5-7-13(8-6-12)15(18)19/h5-8,14,17H,3-4,9-11H2,1-2H3,(H,18,19). The molecule has 104 valence electrons. The number of hydrogen-bond acceptors (Lipinski definition) is 2. The third-order valence-corrected chi connectivity index (χ3v) is 4.00. The third-order valence-electron chi connectivity index (χ3n) is 4.00. The summed E-state index contributed by atoms with van der Waals surface area (Å²) in [5.41, 5.74) is 1.94. The van der Waals surface area contributed by atoms with Gasteiger partial charge in [0.25, 0.3) is 0 Å². The van der Waals surface area contributed by atoms with Gasteiger partial charge in [-0.05, 0) is 42.4 Å². The van der Waals surface area contributed by atoms with Crippen molar-refractivity contribution in [1.29, 1.82) is 0 Å². The van der Waals surface area contributed by atoms with Crippen LogP contribution in [0.1, 0.15) is 55.5 Å². The first-order valence-electron chi connectivity index (χ1n) is 7.02. The molecule has 0 aromatic heterocycles. The van der Waals surface area contributed by atoms with Crippen LogP contribution in [0.15, 0.2) is 24.3 Å². The lowest BCUT2D eigenvalue weighted by atomic mass is 9.75. The van der Waals surface area contributed by atoms with Gasteiger partial charge in [0.1, 0.15) is 0 Å². The summed E-state index contributed by atoms with van der Waals surface area (Å²) in [6.45, 7) is 5.49. The highest BCUT2D eigenvalue weighted by atomic mass is 16.4. The molecule has 1 atom stereocenters. The van der Waals surface area contributed by atoms with Crippen LogP contribution >= 0.6 is 0 Å². The van der Waals surface area contributed by atoms with Gasteiger partial charge in [-0.3, -0.25) is 0 Å². The van der Waals surface area contributed by atoms with Crippen LogP contribution in [-0.2, 0) is 6.54 Å². The quantitative estimate of drug-likeness (QED) is 0.873. The molecule has 1 aliphatic rings. The Morgan fingerprint density at radius 3 is 2.63 bits per heavy atom. The summed E-state index contributed by atoms with van der Waals surface area (Å²) < 4.78 is 0. The number of carboxylic acids is 1. The Morgan fingerprint density at radius 2 is 2.05 bits per heavy atom. The Morgan fingerprint density at radius 1 is 1.37 bits per heavy atom. The van der Waals surface area contributed by atoms with Crippen LogP contribution in [-0.4, -0.2) is 17.1 Å². The lowest BCUT2D eigenvalue weighted by Gasteiger charge is -2.35. The van der Waals surface area contributed by atoms with Crippen molar-refractivity contribution < 1.29 is 9.90 Å². The zero-order chi connectivity index (χ0) is 13.9. The van der Waals surface area contributed by atoms with Gasteiger partial charge in [0.05, 0.1) is 5.56 Å². The molecule has 1 fully saturated rings. The fourth-order valence-corrected chi connectivity index (χ4v) is 2.90. The summed E-state index contributed by atoms with van der Waals surface area (Å²) in [6.07, 6.45) is 5.08. The molecule has 1 saturated carbocycles. The van der Waals surface area contributed by atoms with Crippen molar-refractivity contribution in [3.63, 3.8) is 0 Å². The summed E-state index contributed by atoms with van der Waals surface area (Å²) >= 11 is 0. The molecule has 3 nitrogen and oxygen atoms in total. The SMILES string of the molecule is CC1(C)CCCC(NCc2ccc(C(=O)O)cc2)C1. The molecule has 0 heterocycles. The highest BCUT2D eigenvalue weighted by Crippen LogP contribution is 2.35. The van der Waals surface area contributed by atoms with Crippen molar-refractivity contribution >= 4 is 5.97 Å². The average molecular weight is 261 g/mol. The molecule has 1 aromatic rings. The summed E-state index contributed by atoms with van der Waals surface area (Å²) in [7, 11) is 0. The van der Waals surface area contributed by atoms with E-state index in [4.69, 9.17) is 5.11 Å². The number of benzene rings is 1. The van der Waals surface area contributed by atoms with Gasteiger partial charge in [-0.2, -0.15) is 0 Å². The normalized spacial score (nSPS) is 22.1. The second-order valence-electron chi connectivity index (χ2n) is 6.34. The Balaban J connectivity index is 1.86. The van der Waals surface area contributed by atoms with Gasteiger partial charge in [-0.1, -0.05) is 32.4 Å². The van der Waals surface area contributed by atoms with Gasteiger partial charge in [-0.15, -0.1) is 0 Å². The van der Waals surface area contributed by atoms with Crippen molar-refractivity contribution in [2.24, 2.45) is 5.41 Å². The van der Waals surface area contributed by atoms with Crippen molar-refractivity contribution in [3.8, 4) is 0 Å². The molecule has 0 amide bonds. The number of aromatic carboxylic acids is 1. The molecule has 2 N–H and O–H groups in total. The minimum Gasteiger partial charge on any atom is -0.478 e. The van der Waals surface area contributed by atoms with E-state index in [2.05, 4.69) is 19.2 Å². The van der Waals surface area contributed by atoms with Crippen LogP contribution in [0, 0.1) is 5.41 Å². The van der Waals surface area contributed by atoms with E-state index in [1.54, 1.807) is 12.1 Å². The van der Waals surface area contributed by atoms with Crippen LogP contribution in [0.3, 0.4) is 0 Å². The first kappa shape index (κ1) is 14.1. The predicted molar refractivity (Wildman–Crippen MR) is 76.3 cm³/mol. The smallest absolute Gasteiger partial charge is 0.335 e. The van der Waals surface area contributed by atoms with E-state index >= 15 is 0 Å². The number of carbonyl (C=O) groups is 1. The molecule has 0 bridgehead atoms. The van der Waals surface area contributed by atoms with Crippen LogP contribution in [0.5, 0.6) is 0 Å². The molecule has 19 heavy (non-hydrogen) atoms. The van der Waals surface area contributed by atoms with Gasteiger partial charge in [0.15, 0.2) is 0 Å². The zero-order valence-corrected chi connectivity index (χ0v) is 11.8. The molecule has 1 unspecified atom stereocenters. The lowest BCUT2D eigenvalue weighted by molar-refractivity contribution is 0.0697. The van der Waals surface area contributed by atoms with Crippen LogP contribution < -0.4 is 5.32 Å². The van der Waals surface area contributed by atoms with Gasteiger partial charge >= 0.3 is 5.97 Å². The molecule has 0 aliphatic heterocycles. The minimum absolute atomic E-state index is 0.350. The second-order valence-corrected chi connectivity index (χ2v) is 6.34. The van der Waals surface area contributed by atoms with Crippen molar-refractivity contribution in [1.82, 2.24) is 5.32 Å². The van der Waals surface area contributed by atoms with Gasteiger partial charge in [0, 0.05) is 12.6 Å². The highest BCUT2D eigenvalue weighted by Gasteiger charge is 2.27. The molecule has 3 heteroatoms. The molecule has 0 radical (unpaired) electrons. The molecule has 0 saturated heterocycles. The Labute approximate surface area is 115 Å². The third kappa shape index (κ3) is 4.06. The van der Waals surface area contributed by atoms with Gasteiger partial charge in [0.2, 0.25) is 0 Å². The van der Waals surface area contributed by atoms with Crippen molar-refractivity contribution in [3.05, 3.63) is 35.4 Å². The van der Waals surface area contributed by atoms with Crippen LogP contribution in [0.2, 0.25) is 0 Å². The fraction of sp³-hybridized carbons (Fsp3) is 0.562. The summed E-state index contributed by atoms with van der Waals surface area (Å²) in [6, 6.07) is 7.71. The second kappa shape index (κ2) is 5.74. The van der Waals surface area contributed by atoms with Gasteiger partial charge in [-0.25, -0.2) is 4.79 Å². The maximum absolute atomic E-state index is 10.8. The maximum atomic E-state index is 10.8. The van der Waals surface area contributed by atoms with Gasteiger partial charge < -0.3 is 10.4 Å². The van der Waals surface area contributed by atoms with Crippen molar-refractivity contribution in [2.45, 2.75) is 52.1 Å². The Bertz CT molecular complexity index is 437. The first-order chi connectivity index (χ1) is 8.96. The topological polar surface area (TPSA) is 49.3 Å². The average Bonchev–Trinajstić information content (AvgIpc) is 2.36. The zero-order valence-electron chi connectivity index (χ0n) is 11.8. The molecular formula is C16H23NO2. The molecular weight excluding hydrogens is 238 g/mol. The summed E-state index contributed by atoms with van der Waals surface area (Å²) in [4.78, 5) is 10.8. The lowest BCUT2D eigenvalue weighted by Crippen LogP contribution is -2.36. The predicted octanol–water partition coefficient (Wildman–Crippen LogP) is 3.44. The Kier molecular flexibility index (Phi) is 4.25. The monoisotopic (exact) mass is 261 g/mol. The number of hydrogen-bond donors (Lipinski definition) is 2. The van der Waals surface area contributed by atoms with E-state index in [9.17, 15) is 4.79 Å². The summed E-state index contributed by atoms with van der Waals surface area (Å²) in [5.74, 6) is -0.867. The molecule has 0 spiro atoms. The highest BCUT2D eigenvalue weighted by molar-refractivity contribution is 5.87. The van der Waals surface area contributed by atoms with E-state index in [0.717, 1.165) is 12.1 Å². The molecule has 1 aliphatic carbocycles. The Hall–Kier alpha value is -1.35. The van der Waals surface area contributed by atoms with Crippen LogP contribution in [0.25, 0.3) is 0 Å². The number of nitrogens with one attached hydrogen (secondary N) is 1. The van der Waals surface area contributed by atoms with E-state index in [1.165, 1.54) is 25.7 Å². The van der Waals surface area contributed by atoms with E-state index in [1.807, 2.05) is 12.1 Å². The summed E-state index contributed by atoms with van der Waals surface area (Å²) in [5, 5.41) is 12.4. The van der Waals surface area contributed by atoms with Crippen LogP contribution in [0.4, 0.5) is 0 Å². The molecule has 2 rings (SSSR count).